The third-order valence-electron chi connectivity index (χ3n) is 2.83. The van der Waals surface area contributed by atoms with Gasteiger partial charge in [0.25, 0.3) is 0 Å². The Morgan fingerprint density at radius 3 is 3.06 bits per heavy atom. The number of nitriles is 1. The van der Waals surface area contributed by atoms with E-state index in [1.54, 1.807) is 11.3 Å². The lowest BCUT2D eigenvalue weighted by atomic mass is 10.3. The fraction of sp³-hybridized carbons (Fsp3) is 0.417. The summed E-state index contributed by atoms with van der Waals surface area (Å²) in [6.07, 6.45) is 3.25. The monoisotopic (exact) mass is 276 g/mol. The summed E-state index contributed by atoms with van der Waals surface area (Å²) >= 11 is 3.23. The second-order valence-electron chi connectivity index (χ2n) is 4.20. The van der Waals surface area contributed by atoms with Gasteiger partial charge in [-0.15, -0.1) is 21.5 Å². The summed E-state index contributed by atoms with van der Waals surface area (Å²) < 4.78 is 2.22. The van der Waals surface area contributed by atoms with Gasteiger partial charge < -0.3 is 4.57 Å². The van der Waals surface area contributed by atoms with Crippen LogP contribution in [-0.2, 0) is 6.42 Å². The molecule has 0 radical (unpaired) electrons. The van der Waals surface area contributed by atoms with E-state index in [1.807, 2.05) is 0 Å². The molecule has 0 saturated heterocycles. The third kappa shape index (κ3) is 2.42. The maximum Gasteiger partial charge on any atom is 0.192 e. The summed E-state index contributed by atoms with van der Waals surface area (Å²) in [5, 5.41) is 20.2. The van der Waals surface area contributed by atoms with E-state index in [0.717, 1.165) is 17.4 Å². The molecule has 0 N–H and O–H groups in total. The molecule has 6 heteroatoms. The highest BCUT2D eigenvalue weighted by Gasteiger charge is 2.29. The van der Waals surface area contributed by atoms with E-state index < -0.39 is 0 Å². The zero-order valence-electron chi connectivity index (χ0n) is 9.74. The van der Waals surface area contributed by atoms with Crippen LogP contribution in [0.25, 0.3) is 0 Å². The van der Waals surface area contributed by atoms with Crippen LogP contribution in [0.2, 0.25) is 0 Å². The number of thioether (sulfide) groups is 1. The number of hydrogen-bond donors (Lipinski definition) is 0. The Bertz CT molecular complexity index is 563. The largest absolute Gasteiger partial charge is 0.303 e. The highest BCUT2D eigenvalue weighted by atomic mass is 32.2. The molecule has 1 aliphatic carbocycles. The number of rotatable bonds is 5. The van der Waals surface area contributed by atoms with Gasteiger partial charge in [-0.3, -0.25) is 0 Å². The molecule has 1 fully saturated rings. The summed E-state index contributed by atoms with van der Waals surface area (Å²) in [4.78, 5) is 1.31. The first-order valence-corrected chi connectivity index (χ1v) is 7.71. The molecule has 3 rings (SSSR count). The highest BCUT2D eigenvalue weighted by Crippen LogP contribution is 2.39. The Hall–Kier alpha value is -1.32. The highest BCUT2D eigenvalue weighted by molar-refractivity contribution is 7.99. The van der Waals surface area contributed by atoms with E-state index >= 15 is 0 Å². The fourth-order valence-electron chi connectivity index (χ4n) is 1.89. The molecule has 2 aromatic rings. The summed E-state index contributed by atoms with van der Waals surface area (Å²) in [6, 6.07) is 6.88. The van der Waals surface area contributed by atoms with Crippen molar-refractivity contribution in [3.8, 4) is 6.07 Å². The second-order valence-corrected chi connectivity index (χ2v) is 6.18. The van der Waals surface area contributed by atoms with Crippen LogP contribution in [0.1, 0.15) is 29.6 Å². The summed E-state index contributed by atoms with van der Waals surface area (Å²) in [5.74, 6) is 1.46. The maximum atomic E-state index is 8.66. The van der Waals surface area contributed by atoms with Gasteiger partial charge in [0.05, 0.1) is 11.8 Å². The Kier molecular flexibility index (Phi) is 3.35. The number of thiophene rings is 1. The first-order valence-electron chi connectivity index (χ1n) is 5.84. The molecule has 18 heavy (non-hydrogen) atoms. The van der Waals surface area contributed by atoms with Crippen LogP contribution < -0.4 is 0 Å². The molecule has 1 aliphatic rings. The van der Waals surface area contributed by atoms with Crippen molar-refractivity contribution < 1.29 is 0 Å². The SMILES string of the molecule is N#CCSc1nnc(Cc2cccs2)n1C1CC1. The van der Waals surface area contributed by atoms with E-state index in [1.165, 1.54) is 29.5 Å². The lowest BCUT2D eigenvalue weighted by Gasteiger charge is -2.06. The van der Waals surface area contributed by atoms with Crippen molar-refractivity contribution in [2.75, 3.05) is 5.75 Å². The Morgan fingerprint density at radius 1 is 1.50 bits per heavy atom. The zero-order chi connectivity index (χ0) is 12.4. The van der Waals surface area contributed by atoms with Crippen molar-refractivity contribution in [3.05, 3.63) is 28.2 Å². The quantitative estimate of drug-likeness (QED) is 0.788. The van der Waals surface area contributed by atoms with Gasteiger partial charge in [0.15, 0.2) is 5.16 Å². The minimum absolute atomic E-state index is 0.434. The van der Waals surface area contributed by atoms with Gasteiger partial charge in [-0.25, -0.2) is 0 Å². The molecule has 0 amide bonds. The van der Waals surface area contributed by atoms with Crippen LogP contribution >= 0.6 is 23.1 Å². The van der Waals surface area contributed by atoms with Gasteiger partial charge in [0.2, 0.25) is 0 Å². The minimum Gasteiger partial charge on any atom is -0.303 e. The van der Waals surface area contributed by atoms with Crippen LogP contribution in [-0.4, -0.2) is 20.5 Å². The third-order valence-corrected chi connectivity index (χ3v) is 4.51. The van der Waals surface area contributed by atoms with E-state index in [-0.39, 0.29) is 0 Å². The van der Waals surface area contributed by atoms with Gasteiger partial charge >= 0.3 is 0 Å². The molecular weight excluding hydrogens is 264 g/mol. The molecule has 2 aromatic heterocycles. The zero-order valence-corrected chi connectivity index (χ0v) is 11.4. The Balaban J connectivity index is 1.85. The topological polar surface area (TPSA) is 54.5 Å². The molecule has 0 aromatic carbocycles. The van der Waals surface area contributed by atoms with Crippen molar-refractivity contribution in [1.29, 1.82) is 5.26 Å². The Labute approximate surface area is 114 Å². The predicted molar refractivity (Wildman–Crippen MR) is 71.8 cm³/mol. The summed E-state index contributed by atoms with van der Waals surface area (Å²) in [5.41, 5.74) is 0. The first-order chi connectivity index (χ1) is 8.88. The van der Waals surface area contributed by atoms with Crippen LogP contribution in [0.5, 0.6) is 0 Å². The fourth-order valence-corrected chi connectivity index (χ4v) is 3.28. The van der Waals surface area contributed by atoms with Gasteiger partial charge in [0, 0.05) is 17.3 Å². The number of hydrogen-bond acceptors (Lipinski definition) is 5. The predicted octanol–water partition coefficient (Wildman–Crippen LogP) is 2.88. The van der Waals surface area contributed by atoms with E-state index in [0.29, 0.717) is 11.8 Å². The van der Waals surface area contributed by atoms with Gasteiger partial charge in [0.1, 0.15) is 5.82 Å². The molecule has 0 unspecified atom stereocenters. The molecule has 1 saturated carbocycles. The van der Waals surface area contributed by atoms with Gasteiger partial charge in [-0.05, 0) is 24.3 Å². The average molecular weight is 276 g/mol. The average Bonchev–Trinajstić information content (AvgIpc) is 2.94. The molecular formula is C12H12N4S2. The van der Waals surface area contributed by atoms with E-state index in [4.69, 9.17) is 5.26 Å². The van der Waals surface area contributed by atoms with Crippen molar-refractivity contribution in [1.82, 2.24) is 14.8 Å². The molecule has 2 heterocycles. The van der Waals surface area contributed by atoms with E-state index in [9.17, 15) is 0 Å². The summed E-state index contributed by atoms with van der Waals surface area (Å²) in [6.45, 7) is 0. The van der Waals surface area contributed by atoms with Crippen LogP contribution in [0.3, 0.4) is 0 Å². The molecule has 0 atom stereocenters. The smallest absolute Gasteiger partial charge is 0.192 e. The van der Waals surface area contributed by atoms with E-state index in [2.05, 4.69) is 38.3 Å². The van der Waals surface area contributed by atoms with Crippen molar-refractivity contribution in [2.24, 2.45) is 0 Å². The second kappa shape index (κ2) is 5.12. The maximum absolute atomic E-state index is 8.66. The normalized spacial score (nSPS) is 14.6. The molecule has 92 valence electrons. The Morgan fingerprint density at radius 2 is 2.39 bits per heavy atom. The summed E-state index contributed by atoms with van der Waals surface area (Å²) in [7, 11) is 0. The van der Waals surface area contributed by atoms with Gasteiger partial charge in [-0.1, -0.05) is 17.8 Å². The molecule has 0 bridgehead atoms. The molecule has 0 spiro atoms. The van der Waals surface area contributed by atoms with Crippen LogP contribution in [0.4, 0.5) is 0 Å². The molecule has 0 aliphatic heterocycles. The van der Waals surface area contributed by atoms with Crippen molar-refractivity contribution in [2.45, 2.75) is 30.5 Å². The first kappa shape index (κ1) is 11.8. The number of nitrogens with zero attached hydrogens (tertiary/aromatic N) is 4. The lowest BCUT2D eigenvalue weighted by Crippen LogP contribution is -2.03. The van der Waals surface area contributed by atoms with Gasteiger partial charge in [-0.2, -0.15) is 5.26 Å². The lowest BCUT2D eigenvalue weighted by molar-refractivity contribution is 0.635. The minimum atomic E-state index is 0.434. The van der Waals surface area contributed by atoms with Crippen LogP contribution in [0, 0.1) is 11.3 Å². The van der Waals surface area contributed by atoms with Crippen molar-refractivity contribution in [3.63, 3.8) is 0 Å². The molecule has 4 nitrogen and oxygen atoms in total. The van der Waals surface area contributed by atoms with Crippen LogP contribution in [0.15, 0.2) is 22.7 Å². The standard InChI is InChI=1S/C12H12N4S2/c13-5-7-18-12-15-14-11(16(12)9-3-4-9)8-10-2-1-6-17-10/h1-2,6,9H,3-4,7-8H2. The number of aromatic nitrogens is 3. The van der Waals surface area contributed by atoms with Crippen molar-refractivity contribution >= 4 is 23.1 Å².